The van der Waals surface area contributed by atoms with Gasteiger partial charge in [-0.3, -0.25) is 9.59 Å². The molecule has 0 spiro atoms. The topological polar surface area (TPSA) is 61.8 Å². The molecule has 4 fully saturated rings. The van der Waals surface area contributed by atoms with Crippen LogP contribution in [-0.2, 0) is 23.8 Å². The highest BCUT2D eigenvalue weighted by molar-refractivity contribution is 5.87. The molecular weight excluding hydrogens is 380 g/mol. The first kappa shape index (κ1) is 20.7. The van der Waals surface area contributed by atoms with Gasteiger partial charge in [0, 0.05) is 31.1 Å². The van der Waals surface area contributed by atoms with Crippen molar-refractivity contribution in [2.24, 2.45) is 34.5 Å². The molecule has 0 N–H and O–H groups in total. The minimum absolute atomic E-state index is 0.00425. The zero-order chi connectivity index (χ0) is 21.3. The van der Waals surface area contributed by atoms with E-state index < -0.39 is 5.79 Å². The molecule has 0 aromatic heterocycles. The Hall–Kier alpha value is -1.20. The lowest BCUT2D eigenvalue weighted by atomic mass is 9.46. The van der Waals surface area contributed by atoms with Crippen molar-refractivity contribution in [1.82, 2.24) is 0 Å². The standard InChI is InChI=1S/C25H36O5/c1-15(26)30-17-9-10-23(2)16(13-17)5-6-18-19-7-8-21(25(4)28-11-12-29-25)24(19,3)22(27)14-20(18)23/h5,17-21H,6-14H2,1-4H3. The van der Waals surface area contributed by atoms with Crippen LogP contribution in [0.4, 0.5) is 0 Å². The van der Waals surface area contributed by atoms with Gasteiger partial charge in [-0.15, -0.1) is 0 Å². The molecule has 5 nitrogen and oxygen atoms in total. The summed E-state index contributed by atoms with van der Waals surface area (Å²) >= 11 is 0. The number of ether oxygens (including phenoxy) is 3. The summed E-state index contributed by atoms with van der Waals surface area (Å²) in [5.74, 6) is 1.10. The van der Waals surface area contributed by atoms with Crippen molar-refractivity contribution < 1.29 is 23.8 Å². The lowest BCUT2D eigenvalue weighted by molar-refractivity contribution is -0.212. The molecule has 5 heteroatoms. The van der Waals surface area contributed by atoms with Crippen molar-refractivity contribution in [3.8, 4) is 0 Å². The summed E-state index contributed by atoms with van der Waals surface area (Å²) in [6.07, 6.45) is 8.97. The van der Waals surface area contributed by atoms with Gasteiger partial charge in [0.1, 0.15) is 11.9 Å². The summed E-state index contributed by atoms with van der Waals surface area (Å²) < 4.78 is 17.6. The molecule has 5 rings (SSSR count). The number of esters is 1. The summed E-state index contributed by atoms with van der Waals surface area (Å²) in [5, 5.41) is 0. The van der Waals surface area contributed by atoms with Crippen LogP contribution in [0.3, 0.4) is 0 Å². The molecule has 1 heterocycles. The molecule has 0 bridgehead atoms. The summed E-state index contributed by atoms with van der Waals surface area (Å²) in [7, 11) is 0. The Morgan fingerprint density at radius 3 is 2.50 bits per heavy atom. The number of hydrogen-bond donors (Lipinski definition) is 0. The average Bonchev–Trinajstić information content (AvgIpc) is 3.28. The fourth-order valence-electron chi connectivity index (χ4n) is 8.24. The number of ketones is 1. The third-order valence-corrected chi connectivity index (χ3v) is 9.75. The van der Waals surface area contributed by atoms with E-state index in [1.54, 1.807) is 0 Å². The number of hydrogen-bond acceptors (Lipinski definition) is 5. The van der Waals surface area contributed by atoms with E-state index in [0.717, 1.165) is 38.5 Å². The molecule has 1 aliphatic heterocycles. The van der Waals surface area contributed by atoms with Gasteiger partial charge < -0.3 is 14.2 Å². The molecule has 5 aliphatic rings. The van der Waals surface area contributed by atoms with E-state index in [1.807, 2.05) is 6.92 Å². The van der Waals surface area contributed by atoms with E-state index in [0.29, 0.717) is 43.2 Å². The van der Waals surface area contributed by atoms with Crippen LogP contribution in [0.5, 0.6) is 0 Å². The highest BCUT2D eigenvalue weighted by Gasteiger charge is 2.66. The minimum atomic E-state index is -0.617. The largest absolute Gasteiger partial charge is 0.462 e. The number of allylic oxidation sites excluding steroid dienone is 1. The van der Waals surface area contributed by atoms with E-state index in [9.17, 15) is 9.59 Å². The molecular formula is C25H36O5. The van der Waals surface area contributed by atoms with Crippen LogP contribution in [0.2, 0.25) is 0 Å². The second kappa shape index (κ2) is 6.90. The summed E-state index contributed by atoms with van der Waals surface area (Å²) in [6, 6.07) is 0. The van der Waals surface area contributed by atoms with Crippen LogP contribution < -0.4 is 0 Å². The number of carbonyl (C=O) groups excluding carboxylic acids is 2. The molecule has 4 aliphatic carbocycles. The lowest BCUT2D eigenvalue weighted by Crippen LogP contribution is -2.57. The molecule has 3 saturated carbocycles. The molecule has 7 unspecified atom stereocenters. The van der Waals surface area contributed by atoms with Gasteiger partial charge in [0.25, 0.3) is 0 Å². The lowest BCUT2D eigenvalue weighted by Gasteiger charge is -2.57. The Labute approximate surface area is 179 Å². The van der Waals surface area contributed by atoms with Crippen LogP contribution in [0, 0.1) is 34.5 Å². The molecule has 1 saturated heterocycles. The molecule has 30 heavy (non-hydrogen) atoms. The highest BCUT2D eigenvalue weighted by Crippen LogP contribution is 2.67. The molecule has 0 radical (unpaired) electrons. The van der Waals surface area contributed by atoms with Gasteiger partial charge >= 0.3 is 5.97 Å². The Balaban J connectivity index is 1.44. The Bertz CT molecular complexity index is 780. The smallest absolute Gasteiger partial charge is 0.302 e. The van der Waals surface area contributed by atoms with Crippen LogP contribution in [0.25, 0.3) is 0 Å². The fourth-order valence-corrected chi connectivity index (χ4v) is 8.24. The Morgan fingerprint density at radius 1 is 1.07 bits per heavy atom. The second-order valence-corrected chi connectivity index (χ2v) is 11.0. The Kier molecular flexibility index (Phi) is 4.76. The van der Waals surface area contributed by atoms with Crippen molar-refractivity contribution >= 4 is 11.8 Å². The predicted molar refractivity (Wildman–Crippen MR) is 111 cm³/mol. The third-order valence-electron chi connectivity index (χ3n) is 9.75. The summed E-state index contributed by atoms with van der Waals surface area (Å²) in [5.41, 5.74) is 1.12. The van der Waals surface area contributed by atoms with E-state index in [-0.39, 0.29) is 28.8 Å². The fraction of sp³-hybridized carbons (Fsp3) is 0.840. The van der Waals surface area contributed by atoms with Gasteiger partial charge in [-0.2, -0.15) is 0 Å². The van der Waals surface area contributed by atoms with Gasteiger partial charge in [0.2, 0.25) is 0 Å². The van der Waals surface area contributed by atoms with E-state index >= 15 is 0 Å². The van der Waals surface area contributed by atoms with E-state index in [1.165, 1.54) is 12.5 Å². The Morgan fingerprint density at radius 2 is 1.80 bits per heavy atom. The van der Waals surface area contributed by atoms with Gasteiger partial charge in [-0.25, -0.2) is 0 Å². The average molecular weight is 417 g/mol. The quantitative estimate of drug-likeness (QED) is 0.492. The third kappa shape index (κ3) is 2.80. The zero-order valence-corrected chi connectivity index (χ0v) is 18.9. The second-order valence-electron chi connectivity index (χ2n) is 11.0. The van der Waals surface area contributed by atoms with Crippen molar-refractivity contribution in [1.29, 1.82) is 0 Å². The monoisotopic (exact) mass is 416 g/mol. The highest BCUT2D eigenvalue weighted by atomic mass is 16.7. The van der Waals surface area contributed by atoms with Gasteiger partial charge in [0.05, 0.1) is 13.2 Å². The first-order valence-corrected chi connectivity index (χ1v) is 11.9. The van der Waals surface area contributed by atoms with Crippen molar-refractivity contribution in [3.05, 3.63) is 11.6 Å². The number of Topliss-reactive ketones (excluding diaryl/α,β-unsaturated/α-hetero) is 1. The van der Waals surface area contributed by atoms with Crippen LogP contribution >= 0.6 is 0 Å². The van der Waals surface area contributed by atoms with Crippen LogP contribution in [0.15, 0.2) is 11.6 Å². The molecule has 0 aromatic rings. The molecule has 7 atom stereocenters. The van der Waals surface area contributed by atoms with Gasteiger partial charge in [-0.1, -0.05) is 25.5 Å². The zero-order valence-electron chi connectivity index (χ0n) is 18.9. The maximum absolute atomic E-state index is 13.8. The SMILES string of the molecule is CC(=O)OC1CCC2(C)C(=CCC3C2CC(=O)C2(C)C3CCC2C2(C)OCCO2)C1. The summed E-state index contributed by atoms with van der Waals surface area (Å²) in [4.78, 5) is 25.2. The number of carbonyl (C=O) groups is 2. The normalized spacial score (nSPS) is 47.1. The molecule has 0 amide bonds. The number of rotatable bonds is 2. The maximum atomic E-state index is 13.8. The predicted octanol–water partition coefficient (Wildman–Crippen LogP) is 4.44. The molecule has 166 valence electrons. The van der Waals surface area contributed by atoms with Crippen LogP contribution in [0.1, 0.15) is 72.6 Å². The summed E-state index contributed by atoms with van der Waals surface area (Å²) in [6.45, 7) is 9.38. The van der Waals surface area contributed by atoms with Crippen LogP contribution in [-0.4, -0.2) is 36.9 Å². The number of fused-ring (bicyclic) bond motifs is 5. The van der Waals surface area contributed by atoms with Gasteiger partial charge in [0.15, 0.2) is 5.79 Å². The minimum Gasteiger partial charge on any atom is -0.462 e. The first-order chi connectivity index (χ1) is 14.2. The first-order valence-electron chi connectivity index (χ1n) is 11.9. The maximum Gasteiger partial charge on any atom is 0.302 e. The van der Waals surface area contributed by atoms with Gasteiger partial charge in [-0.05, 0) is 62.2 Å². The van der Waals surface area contributed by atoms with E-state index in [4.69, 9.17) is 14.2 Å². The van der Waals surface area contributed by atoms with Crippen molar-refractivity contribution in [2.75, 3.05) is 13.2 Å². The van der Waals surface area contributed by atoms with Crippen molar-refractivity contribution in [3.63, 3.8) is 0 Å². The van der Waals surface area contributed by atoms with Crippen molar-refractivity contribution in [2.45, 2.75) is 84.5 Å². The van der Waals surface area contributed by atoms with E-state index in [2.05, 4.69) is 19.9 Å². The molecule has 0 aromatic carbocycles.